The first-order valence-corrected chi connectivity index (χ1v) is 7.36. The van der Waals surface area contributed by atoms with Crippen LogP contribution in [0.25, 0.3) is 0 Å². The van der Waals surface area contributed by atoms with E-state index in [1.54, 1.807) is 16.0 Å². The fraction of sp³-hybridized carbons (Fsp3) is 0.533. The van der Waals surface area contributed by atoms with Crippen molar-refractivity contribution in [3.05, 3.63) is 30.1 Å². The molecule has 6 heteroatoms. The number of aromatic nitrogens is 1. The second-order valence-corrected chi connectivity index (χ2v) is 5.15. The van der Waals surface area contributed by atoms with Gasteiger partial charge in [-0.1, -0.05) is 13.0 Å². The van der Waals surface area contributed by atoms with Crippen LogP contribution in [0.4, 0.5) is 0 Å². The summed E-state index contributed by atoms with van der Waals surface area (Å²) in [6, 6.07) is 4.94. The van der Waals surface area contributed by atoms with Crippen molar-refractivity contribution in [1.82, 2.24) is 14.8 Å². The Labute approximate surface area is 124 Å². The van der Waals surface area contributed by atoms with Gasteiger partial charge in [0.2, 0.25) is 0 Å². The summed E-state index contributed by atoms with van der Waals surface area (Å²) in [5.41, 5.74) is 6.93. The monoisotopic (exact) mass is 290 g/mol. The lowest BCUT2D eigenvalue weighted by molar-refractivity contribution is -0.158. The molecule has 1 aliphatic heterocycles. The van der Waals surface area contributed by atoms with Crippen molar-refractivity contribution in [3.8, 4) is 0 Å². The third kappa shape index (κ3) is 3.05. The summed E-state index contributed by atoms with van der Waals surface area (Å²) in [5.74, 6) is -0.935. The topological polar surface area (TPSA) is 79.5 Å². The molecule has 2 amide bonds. The van der Waals surface area contributed by atoms with E-state index in [9.17, 15) is 9.59 Å². The molecule has 0 aromatic carbocycles. The summed E-state index contributed by atoms with van der Waals surface area (Å²) in [6.07, 6.45) is 2.38. The van der Waals surface area contributed by atoms with Gasteiger partial charge in [0.15, 0.2) is 0 Å². The molecule has 1 saturated heterocycles. The first-order chi connectivity index (χ1) is 10.1. The van der Waals surface area contributed by atoms with E-state index in [1.165, 1.54) is 0 Å². The van der Waals surface area contributed by atoms with Crippen LogP contribution in [0.3, 0.4) is 0 Å². The fourth-order valence-electron chi connectivity index (χ4n) is 2.64. The standard InChI is InChI=1S/C15H22N4O2/c1-3-11(16)13(12-7-5-6-8-17-12)19-10-9-18(4-2)14(20)15(19)21/h5-8,11,13H,3-4,9-10,16H2,1-2H3. The molecule has 2 atom stereocenters. The van der Waals surface area contributed by atoms with Crippen LogP contribution in [-0.2, 0) is 9.59 Å². The quantitative estimate of drug-likeness (QED) is 0.803. The average molecular weight is 290 g/mol. The van der Waals surface area contributed by atoms with Crippen molar-refractivity contribution in [2.45, 2.75) is 32.4 Å². The van der Waals surface area contributed by atoms with E-state index in [-0.39, 0.29) is 12.1 Å². The number of nitrogens with zero attached hydrogens (tertiary/aromatic N) is 3. The number of nitrogens with two attached hydrogens (primary N) is 1. The van der Waals surface area contributed by atoms with Gasteiger partial charge in [0, 0.05) is 31.9 Å². The van der Waals surface area contributed by atoms with Crippen molar-refractivity contribution in [2.75, 3.05) is 19.6 Å². The van der Waals surface area contributed by atoms with Gasteiger partial charge in [-0.15, -0.1) is 0 Å². The molecule has 0 bridgehead atoms. The van der Waals surface area contributed by atoms with Crippen molar-refractivity contribution in [3.63, 3.8) is 0 Å². The number of pyridine rings is 1. The Bertz CT molecular complexity index is 506. The van der Waals surface area contributed by atoms with E-state index in [0.717, 1.165) is 5.69 Å². The van der Waals surface area contributed by atoms with Gasteiger partial charge in [-0.25, -0.2) is 0 Å². The van der Waals surface area contributed by atoms with Crippen LogP contribution in [0.15, 0.2) is 24.4 Å². The molecule has 0 aliphatic carbocycles. The number of amides is 2. The molecule has 1 aromatic rings. The Morgan fingerprint density at radius 1 is 1.24 bits per heavy atom. The van der Waals surface area contributed by atoms with Crippen LogP contribution >= 0.6 is 0 Å². The minimum absolute atomic E-state index is 0.246. The predicted molar refractivity (Wildman–Crippen MR) is 79.2 cm³/mol. The highest BCUT2D eigenvalue weighted by Crippen LogP contribution is 2.25. The van der Waals surface area contributed by atoms with E-state index in [0.29, 0.717) is 26.1 Å². The van der Waals surface area contributed by atoms with E-state index in [4.69, 9.17) is 5.73 Å². The van der Waals surface area contributed by atoms with E-state index in [1.807, 2.05) is 32.0 Å². The summed E-state index contributed by atoms with van der Waals surface area (Å²) in [6.45, 7) is 5.42. The Balaban J connectivity index is 2.30. The van der Waals surface area contributed by atoms with Gasteiger partial charge in [-0.3, -0.25) is 14.6 Å². The Morgan fingerprint density at radius 2 is 2.00 bits per heavy atom. The van der Waals surface area contributed by atoms with Crippen molar-refractivity contribution >= 4 is 11.8 Å². The fourth-order valence-corrected chi connectivity index (χ4v) is 2.64. The zero-order valence-corrected chi connectivity index (χ0v) is 12.5. The Kier molecular flexibility index (Phi) is 4.90. The molecule has 0 saturated carbocycles. The number of carbonyl (C=O) groups excluding carboxylic acids is 2. The van der Waals surface area contributed by atoms with Gasteiger partial charge in [0.25, 0.3) is 0 Å². The molecule has 1 aromatic heterocycles. The lowest BCUT2D eigenvalue weighted by Crippen LogP contribution is -2.57. The van der Waals surface area contributed by atoms with Crippen LogP contribution in [0, 0.1) is 0 Å². The van der Waals surface area contributed by atoms with E-state index in [2.05, 4.69) is 4.98 Å². The van der Waals surface area contributed by atoms with Crippen molar-refractivity contribution < 1.29 is 9.59 Å². The third-order valence-corrected chi connectivity index (χ3v) is 3.93. The SMILES string of the molecule is CCC(N)C(c1ccccn1)N1CCN(CC)C(=O)C1=O. The van der Waals surface area contributed by atoms with Crippen molar-refractivity contribution in [1.29, 1.82) is 0 Å². The minimum atomic E-state index is -0.484. The first kappa shape index (κ1) is 15.4. The normalized spacial score (nSPS) is 18.8. The third-order valence-electron chi connectivity index (χ3n) is 3.93. The molecular weight excluding hydrogens is 268 g/mol. The summed E-state index contributed by atoms with van der Waals surface area (Å²) >= 11 is 0. The molecule has 2 heterocycles. The van der Waals surface area contributed by atoms with Crippen LogP contribution in [-0.4, -0.2) is 52.3 Å². The zero-order valence-electron chi connectivity index (χ0n) is 12.5. The summed E-state index contributed by atoms with van der Waals surface area (Å²) in [7, 11) is 0. The van der Waals surface area contributed by atoms with E-state index >= 15 is 0 Å². The maximum atomic E-state index is 12.4. The smallest absolute Gasteiger partial charge is 0.312 e. The number of hydrogen-bond acceptors (Lipinski definition) is 4. The average Bonchev–Trinajstić information content (AvgIpc) is 2.52. The highest BCUT2D eigenvalue weighted by molar-refractivity contribution is 6.35. The van der Waals surface area contributed by atoms with Gasteiger partial charge in [-0.05, 0) is 25.5 Å². The van der Waals surface area contributed by atoms with Crippen LogP contribution in [0.1, 0.15) is 32.0 Å². The summed E-state index contributed by atoms with van der Waals surface area (Å²) in [4.78, 5) is 31.9. The molecule has 6 nitrogen and oxygen atoms in total. The molecule has 2 unspecified atom stereocenters. The number of likely N-dealkylation sites (N-methyl/N-ethyl adjacent to an activating group) is 1. The van der Waals surface area contributed by atoms with E-state index < -0.39 is 11.8 Å². The number of carbonyl (C=O) groups is 2. The predicted octanol–water partition coefficient (Wildman–Crippen LogP) is 0.551. The first-order valence-electron chi connectivity index (χ1n) is 7.36. The molecule has 0 spiro atoms. The zero-order chi connectivity index (χ0) is 15.4. The molecular formula is C15H22N4O2. The van der Waals surface area contributed by atoms with Gasteiger partial charge in [0.1, 0.15) is 0 Å². The van der Waals surface area contributed by atoms with Crippen LogP contribution in [0.2, 0.25) is 0 Å². The second kappa shape index (κ2) is 6.67. The largest absolute Gasteiger partial charge is 0.333 e. The van der Waals surface area contributed by atoms with Gasteiger partial charge >= 0.3 is 11.8 Å². The highest BCUT2D eigenvalue weighted by atomic mass is 16.2. The molecule has 2 N–H and O–H groups in total. The lowest BCUT2D eigenvalue weighted by atomic mass is 9.99. The Morgan fingerprint density at radius 3 is 2.57 bits per heavy atom. The van der Waals surface area contributed by atoms with Gasteiger partial charge in [0.05, 0.1) is 11.7 Å². The lowest BCUT2D eigenvalue weighted by Gasteiger charge is -2.39. The second-order valence-electron chi connectivity index (χ2n) is 5.15. The maximum absolute atomic E-state index is 12.4. The molecule has 2 rings (SSSR count). The van der Waals surface area contributed by atoms with Crippen molar-refractivity contribution in [2.24, 2.45) is 5.73 Å². The maximum Gasteiger partial charge on any atom is 0.312 e. The molecule has 1 aliphatic rings. The van der Waals surface area contributed by atoms with Gasteiger partial charge < -0.3 is 15.5 Å². The summed E-state index contributed by atoms with van der Waals surface area (Å²) in [5, 5.41) is 0. The highest BCUT2D eigenvalue weighted by Gasteiger charge is 2.38. The molecule has 0 radical (unpaired) electrons. The van der Waals surface area contributed by atoms with Gasteiger partial charge in [-0.2, -0.15) is 0 Å². The molecule has 1 fully saturated rings. The number of hydrogen-bond donors (Lipinski definition) is 1. The molecule has 114 valence electrons. The van der Waals surface area contributed by atoms with Crippen LogP contribution in [0.5, 0.6) is 0 Å². The minimum Gasteiger partial charge on any atom is -0.333 e. The number of rotatable bonds is 5. The Hall–Kier alpha value is -1.95. The van der Waals surface area contributed by atoms with Crippen LogP contribution < -0.4 is 5.73 Å². The summed E-state index contributed by atoms with van der Waals surface area (Å²) < 4.78 is 0. The molecule has 21 heavy (non-hydrogen) atoms. The number of piperazine rings is 1.